The number of aliphatic hydroxyl groups excluding tert-OH is 1. The number of aryl methyl sites for hydroxylation is 1. The standard InChI is InChI=1S/C12H18ClNO.ClH/c1-3-4-11(15)12(14)10-6-5-9(13)7-8(10)2;/h5-7,11-12,15H,3-4,14H2,1-2H3;1H/t11-,12+;/m0./s1. The van der Waals surface area contributed by atoms with Crippen molar-refractivity contribution in [3.63, 3.8) is 0 Å². The Hall–Kier alpha value is -0.280. The van der Waals surface area contributed by atoms with E-state index in [0.29, 0.717) is 5.02 Å². The van der Waals surface area contributed by atoms with Crippen LogP contribution in [0.5, 0.6) is 0 Å². The van der Waals surface area contributed by atoms with Crippen LogP contribution in [0, 0.1) is 6.92 Å². The summed E-state index contributed by atoms with van der Waals surface area (Å²) in [5.41, 5.74) is 7.99. The molecular formula is C12H19Cl2NO. The van der Waals surface area contributed by atoms with Gasteiger partial charge in [0.1, 0.15) is 0 Å². The lowest BCUT2D eigenvalue weighted by molar-refractivity contribution is 0.134. The molecule has 3 N–H and O–H groups in total. The highest BCUT2D eigenvalue weighted by Gasteiger charge is 2.17. The molecule has 0 fully saturated rings. The third-order valence-electron chi connectivity index (χ3n) is 2.59. The van der Waals surface area contributed by atoms with Crippen LogP contribution in [0.1, 0.15) is 36.9 Å². The van der Waals surface area contributed by atoms with Crippen LogP contribution < -0.4 is 5.73 Å². The maximum atomic E-state index is 9.81. The minimum atomic E-state index is -0.477. The molecule has 0 aliphatic rings. The van der Waals surface area contributed by atoms with E-state index < -0.39 is 6.10 Å². The molecule has 0 spiro atoms. The number of aliphatic hydroxyl groups is 1. The van der Waals surface area contributed by atoms with Gasteiger partial charge in [-0.3, -0.25) is 0 Å². The molecule has 0 amide bonds. The van der Waals surface area contributed by atoms with Crippen molar-refractivity contribution >= 4 is 24.0 Å². The van der Waals surface area contributed by atoms with Crippen molar-refractivity contribution < 1.29 is 5.11 Å². The number of benzene rings is 1. The molecule has 92 valence electrons. The normalized spacial score (nSPS) is 14.1. The average Bonchev–Trinajstić information content (AvgIpc) is 2.17. The summed E-state index contributed by atoms with van der Waals surface area (Å²) in [6, 6.07) is 5.25. The molecule has 0 aliphatic heterocycles. The van der Waals surface area contributed by atoms with Gasteiger partial charge in [0.25, 0.3) is 0 Å². The summed E-state index contributed by atoms with van der Waals surface area (Å²) < 4.78 is 0. The first kappa shape index (κ1) is 15.7. The zero-order valence-electron chi connectivity index (χ0n) is 9.61. The van der Waals surface area contributed by atoms with E-state index in [4.69, 9.17) is 17.3 Å². The summed E-state index contributed by atoms with van der Waals surface area (Å²) in [5.74, 6) is 0. The van der Waals surface area contributed by atoms with Gasteiger partial charge in [-0.25, -0.2) is 0 Å². The Morgan fingerprint density at radius 1 is 1.44 bits per heavy atom. The van der Waals surface area contributed by atoms with Crippen LogP contribution in [0.25, 0.3) is 0 Å². The topological polar surface area (TPSA) is 46.2 Å². The second-order valence-corrected chi connectivity index (χ2v) is 4.32. The first-order chi connectivity index (χ1) is 7.06. The highest BCUT2D eigenvalue weighted by atomic mass is 35.5. The third-order valence-corrected chi connectivity index (χ3v) is 2.83. The van der Waals surface area contributed by atoms with Gasteiger partial charge in [-0.15, -0.1) is 12.4 Å². The third kappa shape index (κ3) is 3.95. The molecular weight excluding hydrogens is 245 g/mol. The SMILES string of the molecule is CCC[C@H](O)[C@H](N)c1ccc(Cl)cc1C.Cl. The van der Waals surface area contributed by atoms with Crippen molar-refractivity contribution in [2.24, 2.45) is 5.73 Å². The van der Waals surface area contributed by atoms with E-state index in [2.05, 4.69) is 0 Å². The maximum absolute atomic E-state index is 9.81. The van der Waals surface area contributed by atoms with Gasteiger partial charge >= 0.3 is 0 Å². The average molecular weight is 264 g/mol. The van der Waals surface area contributed by atoms with Crippen molar-refractivity contribution in [2.45, 2.75) is 38.8 Å². The molecule has 0 unspecified atom stereocenters. The Balaban J connectivity index is 0.00000225. The predicted molar refractivity (Wildman–Crippen MR) is 71.3 cm³/mol. The van der Waals surface area contributed by atoms with Gasteiger partial charge in [0.2, 0.25) is 0 Å². The second-order valence-electron chi connectivity index (χ2n) is 3.88. The molecule has 0 bridgehead atoms. The van der Waals surface area contributed by atoms with E-state index in [0.717, 1.165) is 24.0 Å². The molecule has 0 aliphatic carbocycles. The lowest BCUT2D eigenvalue weighted by Gasteiger charge is -2.20. The van der Waals surface area contributed by atoms with E-state index in [9.17, 15) is 5.11 Å². The van der Waals surface area contributed by atoms with Crippen molar-refractivity contribution in [3.05, 3.63) is 34.3 Å². The van der Waals surface area contributed by atoms with Gasteiger partial charge in [-0.1, -0.05) is 31.0 Å². The Morgan fingerprint density at radius 2 is 2.06 bits per heavy atom. The van der Waals surface area contributed by atoms with E-state index in [1.54, 1.807) is 0 Å². The number of hydrogen-bond donors (Lipinski definition) is 2. The van der Waals surface area contributed by atoms with Gasteiger partial charge in [0, 0.05) is 5.02 Å². The van der Waals surface area contributed by atoms with E-state index in [-0.39, 0.29) is 18.4 Å². The van der Waals surface area contributed by atoms with E-state index in [1.165, 1.54) is 0 Å². The molecule has 0 heterocycles. The largest absolute Gasteiger partial charge is 0.391 e. The summed E-state index contributed by atoms with van der Waals surface area (Å²) in [6.07, 6.45) is 1.18. The van der Waals surface area contributed by atoms with Gasteiger partial charge in [-0.2, -0.15) is 0 Å². The first-order valence-electron chi connectivity index (χ1n) is 5.26. The highest BCUT2D eigenvalue weighted by molar-refractivity contribution is 6.30. The Morgan fingerprint density at radius 3 is 2.56 bits per heavy atom. The fourth-order valence-electron chi connectivity index (χ4n) is 1.70. The highest BCUT2D eigenvalue weighted by Crippen LogP contribution is 2.23. The molecule has 2 atom stereocenters. The quantitative estimate of drug-likeness (QED) is 0.877. The zero-order valence-corrected chi connectivity index (χ0v) is 11.2. The van der Waals surface area contributed by atoms with Crippen molar-refractivity contribution in [2.75, 3.05) is 0 Å². The lowest BCUT2D eigenvalue weighted by Crippen LogP contribution is -2.26. The van der Waals surface area contributed by atoms with Crippen LogP contribution in [0.2, 0.25) is 5.02 Å². The smallest absolute Gasteiger partial charge is 0.0732 e. The van der Waals surface area contributed by atoms with E-state index >= 15 is 0 Å². The zero-order chi connectivity index (χ0) is 11.4. The molecule has 2 nitrogen and oxygen atoms in total. The van der Waals surface area contributed by atoms with E-state index in [1.807, 2.05) is 32.0 Å². The predicted octanol–water partition coefficient (Wildman–Crippen LogP) is 3.23. The summed E-state index contributed by atoms with van der Waals surface area (Å²) in [7, 11) is 0. The van der Waals surface area contributed by atoms with Gasteiger partial charge in [0.15, 0.2) is 0 Å². The number of hydrogen-bond acceptors (Lipinski definition) is 2. The lowest BCUT2D eigenvalue weighted by atomic mass is 9.95. The second kappa shape index (κ2) is 7.13. The van der Waals surface area contributed by atoms with Gasteiger partial charge in [0.05, 0.1) is 12.1 Å². The van der Waals surface area contributed by atoms with Gasteiger partial charge < -0.3 is 10.8 Å². The molecule has 0 saturated heterocycles. The summed E-state index contributed by atoms with van der Waals surface area (Å²) in [6.45, 7) is 3.99. The van der Waals surface area contributed by atoms with Crippen LogP contribution in [-0.4, -0.2) is 11.2 Å². The fourth-order valence-corrected chi connectivity index (χ4v) is 1.92. The van der Waals surface area contributed by atoms with Crippen LogP contribution in [-0.2, 0) is 0 Å². The number of nitrogens with two attached hydrogens (primary N) is 1. The molecule has 0 aromatic heterocycles. The monoisotopic (exact) mass is 263 g/mol. The molecule has 0 saturated carbocycles. The Bertz CT molecular complexity index is 331. The van der Waals surface area contributed by atoms with Crippen molar-refractivity contribution in [1.82, 2.24) is 0 Å². The van der Waals surface area contributed by atoms with Gasteiger partial charge in [-0.05, 0) is 36.6 Å². The fraction of sp³-hybridized carbons (Fsp3) is 0.500. The Kier molecular flexibility index (Phi) is 7.00. The molecule has 1 rings (SSSR count). The minimum absolute atomic E-state index is 0. The van der Waals surface area contributed by atoms with Crippen LogP contribution in [0.3, 0.4) is 0 Å². The summed E-state index contributed by atoms with van der Waals surface area (Å²) in [5, 5.41) is 10.5. The first-order valence-corrected chi connectivity index (χ1v) is 5.63. The number of rotatable bonds is 4. The molecule has 1 aromatic carbocycles. The maximum Gasteiger partial charge on any atom is 0.0732 e. The summed E-state index contributed by atoms with van der Waals surface area (Å²) >= 11 is 5.86. The Labute approximate surface area is 108 Å². The minimum Gasteiger partial charge on any atom is -0.391 e. The molecule has 1 aromatic rings. The molecule has 0 radical (unpaired) electrons. The summed E-state index contributed by atoms with van der Waals surface area (Å²) in [4.78, 5) is 0. The van der Waals surface area contributed by atoms with Crippen molar-refractivity contribution in [1.29, 1.82) is 0 Å². The van der Waals surface area contributed by atoms with Crippen LogP contribution >= 0.6 is 24.0 Å². The number of halogens is 2. The molecule has 16 heavy (non-hydrogen) atoms. The van der Waals surface area contributed by atoms with Crippen LogP contribution in [0.4, 0.5) is 0 Å². The van der Waals surface area contributed by atoms with Crippen LogP contribution in [0.15, 0.2) is 18.2 Å². The molecule has 4 heteroatoms. The van der Waals surface area contributed by atoms with Crippen molar-refractivity contribution in [3.8, 4) is 0 Å².